The Kier molecular flexibility index (Phi) is 6.82. The molecule has 3 nitrogen and oxygen atoms in total. The van der Waals surface area contributed by atoms with Crippen LogP contribution in [0.1, 0.15) is 76.3 Å². The average molecular weight is 427 g/mol. The van der Waals surface area contributed by atoms with Gasteiger partial charge in [0.2, 0.25) is 0 Å². The molecule has 0 aliphatic heterocycles. The van der Waals surface area contributed by atoms with E-state index in [-0.39, 0.29) is 16.4 Å². The molecule has 0 aliphatic rings. The van der Waals surface area contributed by atoms with E-state index in [1.165, 1.54) is 11.8 Å². The quantitative estimate of drug-likeness (QED) is 0.506. The van der Waals surface area contributed by atoms with Crippen molar-refractivity contribution in [3.8, 4) is 5.75 Å². The maximum atomic E-state index is 11.5. The molecule has 162 valence electrons. The fourth-order valence-electron chi connectivity index (χ4n) is 3.41. The van der Waals surface area contributed by atoms with Crippen LogP contribution in [-0.2, 0) is 15.6 Å². The van der Waals surface area contributed by atoms with Gasteiger partial charge in [-0.15, -0.1) is 0 Å². The van der Waals surface area contributed by atoms with E-state index in [2.05, 4.69) is 53.7 Å². The number of aliphatic carboxylic acids is 1. The van der Waals surface area contributed by atoms with Crippen LogP contribution in [0.2, 0.25) is 0 Å². The first-order chi connectivity index (χ1) is 13.6. The largest absolute Gasteiger partial charge is 0.506 e. The number of rotatable bonds is 4. The lowest BCUT2D eigenvalue weighted by Gasteiger charge is -2.26. The number of aromatic hydroxyl groups is 1. The molecule has 0 fully saturated rings. The Balaban J connectivity index is 2.77. The van der Waals surface area contributed by atoms with Gasteiger partial charge in [0.25, 0.3) is 0 Å². The lowest BCUT2D eigenvalue weighted by molar-refractivity contribution is -0.132. The molecule has 2 aromatic rings. The summed E-state index contributed by atoms with van der Waals surface area (Å²) >= 11 is 1.50. The summed E-state index contributed by atoms with van der Waals surface area (Å²) in [5, 5.41) is 20.5. The number of carboxylic acid groups (broad SMARTS) is 1. The van der Waals surface area contributed by atoms with Gasteiger partial charge in [0.1, 0.15) is 5.75 Å². The second kappa shape index (κ2) is 8.50. The van der Waals surface area contributed by atoms with Crippen molar-refractivity contribution in [2.24, 2.45) is 0 Å². The van der Waals surface area contributed by atoms with Crippen molar-refractivity contribution in [2.45, 2.75) is 82.9 Å². The van der Waals surface area contributed by atoms with Gasteiger partial charge in [-0.3, -0.25) is 0 Å². The maximum Gasteiger partial charge on any atom is 0.331 e. The fourth-order valence-corrected chi connectivity index (χ4v) is 4.62. The topological polar surface area (TPSA) is 57.5 Å². The Labute approximate surface area is 185 Å². The highest BCUT2D eigenvalue weighted by Gasteiger charge is 2.24. The van der Waals surface area contributed by atoms with Gasteiger partial charge >= 0.3 is 5.97 Å². The summed E-state index contributed by atoms with van der Waals surface area (Å²) in [4.78, 5) is 13.3. The summed E-state index contributed by atoms with van der Waals surface area (Å²) in [5.41, 5.74) is 5.04. The van der Waals surface area contributed by atoms with Crippen molar-refractivity contribution >= 4 is 23.8 Å². The molecular formula is C26H34O3S. The van der Waals surface area contributed by atoms with Crippen LogP contribution < -0.4 is 0 Å². The summed E-state index contributed by atoms with van der Waals surface area (Å²) in [6.07, 6.45) is 1.75. The van der Waals surface area contributed by atoms with Crippen molar-refractivity contribution in [2.75, 3.05) is 0 Å². The van der Waals surface area contributed by atoms with Gasteiger partial charge in [0.15, 0.2) is 0 Å². The summed E-state index contributed by atoms with van der Waals surface area (Å²) in [6.45, 7) is 18.4. The molecule has 0 saturated carbocycles. The number of aryl methyl sites for hydroxylation is 2. The van der Waals surface area contributed by atoms with Crippen molar-refractivity contribution in [3.05, 3.63) is 57.7 Å². The van der Waals surface area contributed by atoms with Crippen LogP contribution in [0.3, 0.4) is 0 Å². The molecule has 0 radical (unpaired) electrons. The number of benzene rings is 2. The number of carboxylic acids is 1. The van der Waals surface area contributed by atoms with Crippen LogP contribution in [0.4, 0.5) is 0 Å². The molecule has 30 heavy (non-hydrogen) atoms. The van der Waals surface area contributed by atoms with Crippen LogP contribution in [0.25, 0.3) is 6.08 Å². The van der Waals surface area contributed by atoms with E-state index in [0.717, 1.165) is 37.6 Å². The summed E-state index contributed by atoms with van der Waals surface area (Å²) in [5.74, 6) is -0.637. The molecule has 2 N–H and O–H groups in total. The zero-order valence-corrected chi connectivity index (χ0v) is 20.4. The number of carbonyl (C=O) groups is 1. The van der Waals surface area contributed by atoms with Crippen molar-refractivity contribution in [1.82, 2.24) is 0 Å². The molecule has 0 heterocycles. The van der Waals surface area contributed by atoms with Crippen molar-refractivity contribution in [1.29, 1.82) is 0 Å². The first-order valence-corrected chi connectivity index (χ1v) is 11.0. The maximum absolute atomic E-state index is 11.5. The summed E-state index contributed by atoms with van der Waals surface area (Å²) in [6, 6.07) is 8.22. The molecule has 0 aliphatic carbocycles. The highest BCUT2D eigenvalue weighted by Crippen LogP contribution is 2.44. The van der Waals surface area contributed by atoms with E-state index >= 15 is 0 Å². The van der Waals surface area contributed by atoms with Gasteiger partial charge in [0.05, 0.1) is 4.90 Å². The minimum Gasteiger partial charge on any atom is -0.506 e. The third-order valence-corrected chi connectivity index (χ3v) is 6.13. The lowest BCUT2D eigenvalue weighted by Crippen LogP contribution is -2.14. The zero-order chi connectivity index (χ0) is 23.0. The average Bonchev–Trinajstić information content (AvgIpc) is 2.57. The summed E-state index contributed by atoms with van der Waals surface area (Å²) in [7, 11) is 0. The smallest absolute Gasteiger partial charge is 0.331 e. The molecule has 0 unspecified atom stereocenters. The van der Waals surface area contributed by atoms with E-state index in [0.29, 0.717) is 5.75 Å². The SMILES string of the molecule is CC(=Cc1c(Sc2cc(C)cc(C(C)(C)C)c2O)cc(C)cc1C(C)(C)C)C(=O)O. The zero-order valence-electron chi connectivity index (χ0n) is 19.6. The number of hydrogen-bond donors (Lipinski definition) is 2. The van der Waals surface area contributed by atoms with Gasteiger partial charge in [-0.25, -0.2) is 4.79 Å². The van der Waals surface area contributed by atoms with E-state index in [1.54, 1.807) is 13.0 Å². The molecule has 0 saturated heterocycles. The molecule has 0 aromatic heterocycles. The minimum absolute atomic E-state index is 0.156. The number of hydrogen-bond acceptors (Lipinski definition) is 3. The fraction of sp³-hybridized carbons (Fsp3) is 0.423. The van der Waals surface area contributed by atoms with Crippen LogP contribution in [-0.4, -0.2) is 16.2 Å². The van der Waals surface area contributed by atoms with E-state index in [9.17, 15) is 15.0 Å². The Morgan fingerprint density at radius 3 is 1.80 bits per heavy atom. The Morgan fingerprint density at radius 1 is 0.867 bits per heavy atom. The van der Waals surface area contributed by atoms with Crippen LogP contribution in [0.15, 0.2) is 39.6 Å². The predicted octanol–water partition coefficient (Wildman–Crippen LogP) is 7.24. The second-order valence-corrected chi connectivity index (χ2v) is 11.2. The first kappa shape index (κ1) is 24.1. The third-order valence-electron chi connectivity index (χ3n) is 5.04. The Bertz CT molecular complexity index is 1000. The van der Waals surface area contributed by atoms with E-state index in [1.807, 2.05) is 26.0 Å². The van der Waals surface area contributed by atoms with Gasteiger partial charge in [0, 0.05) is 16.0 Å². The minimum atomic E-state index is -0.931. The lowest BCUT2D eigenvalue weighted by atomic mass is 9.82. The molecule has 4 heteroatoms. The molecule has 2 rings (SSSR count). The molecule has 0 spiro atoms. The van der Waals surface area contributed by atoms with E-state index in [4.69, 9.17) is 0 Å². The molecule has 2 aromatic carbocycles. The Hall–Kier alpha value is -2.20. The molecular weight excluding hydrogens is 392 g/mol. The summed E-state index contributed by atoms with van der Waals surface area (Å²) < 4.78 is 0. The first-order valence-electron chi connectivity index (χ1n) is 10.2. The van der Waals surface area contributed by atoms with Gasteiger partial charge in [-0.2, -0.15) is 0 Å². The van der Waals surface area contributed by atoms with Crippen LogP contribution in [0, 0.1) is 13.8 Å². The van der Waals surface area contributed by atoms with Crippen LogP contribution in [0.5, 0.6) is 5.75 Å². The van der Waals surface area contributed by atoms with Gasteiger partial charge in [-0.1, -0.05) is 65.4 Å². The van der Waals surface area contributed by atoms with Crippen molar-refractivity contribution in [3.63, 3.8) is 0 Å². The highest BCUT2D eigenvalue weighted by molar-refractivity contribution is 7.99. The van der Waals surface area contributed by atoms with Gasteiger partial charge in [-0.05, 0) is 72.1 Å². The molecule has 0 bridgehead atoms. The predicted molar refractivity (Wildman–Crippen MR) is 127 cm³/mol. The number of phenolic OH excluding ortho intramolecular Hbond substituents is 1. The molecule has 0 amide bonds. The van der Waals surface area contributed by atoms with Crippen LogP contribution >= 0.6 is 11.8 Å². The normalized spacial score (nSPS) is 12.9. The molecule has 0 atom stereocenters. The second-order valence-electron chi connectivity index (χ2n) is 10.1. The van der Waals surface area contributed by atoms with Crippen molar-refractivity contribution < 1.29 is 15.0 Å². The highest BCUT2D eigenvalue weighted by atomic mass is 32.2. The monoisotopic (exact) mass is 426 g/mol. The third kappa shape index (κ3) is 5.48. The Morgan fingerprint density at radius 2 is 1.33 bits per heavy atom. The standard InChI is InChI=1S/C26H34O3S/c1-15-10-19(25(4,5)6)18(14-17(3)24(28)29)21(12-15)30-22-13-16(2)11-20(23(22)27)26(7,8)9/h10-14,27H,1-9H3,(H,28,29). The number of phenols is 1. The van der Waals surface area contributed by atoms with E-state index < -0.39 is 5.97 Å². The van der Waals surface area contributed by atoms with Gasteiger partial charge < -0.3 is 10.2 Å².